The minimum Gasteiger partial charge on any atom is -0.492 e. The Labute approximate surface area is 122 Å². The van der Waals surface area contributed by atoms with E-state index in [-0.39, 0.29) is 0 Å². The highest BCUT2D eigenvalue weighted by Gasteiger charge is 2.20. The highest BCUT2D eigenvalue weighted by Crippen LogP contribution is 2.17. The first-order valence-electron chi connectivity index (χ1n) is 7.48. The summed E-state index contributed by atoms with van der Waals surface area (Å²) < 4.78 is 5.96. The predicted molar refractivity (Wildman–Crippen MR) is 83.2 cm³/mol. The first kappa shape index (κ1) is 15.3. The van der Waals surface area contributed by atoms with Crippen molar-refractivity contribution >= 4 is 0 Å². The van der Waals surface area contributed by atoms with Gasteiger partial charge in [-0.15, -0.1) is 0 Å². The second-order valence-corrected chi connectivity index (χ2v) is 5.62. The maximum atomic E-state index is 5.96. The predicted octanol–water partition coefficient (Wildman–Crippen LogP) is 1.42. The molecule has 0 saturated carbocycles. The molecule has 112 valence electrons. The number of para-hydroxylation sites is 1. The summed E-state index contributed by atoms with van der Waals surface area (Å²) in [6.45, 7) is 8.33. The van der Waals surface area contributed by atoms with E-state index in [4.69, 9.17) is 4.74 Å². The van der Waals surface area contributed by atoms with Crippen molar-refractivity contribution in [2.75, 3.05) is 46.9 Å². The molecule has 1 aromatic rings. The third-order valence-corrected chi connectivity index (χ3v) is 4.05. The summed E-state index contributed by atoms with van der Waals surface area (Å²) >= 11 is 0. The molecule has 4 nitrogen and oxygen atoms in total. The second-order valence-electron chi connectivity index (χ2n) is 5.62. The summed E-state index contributed by atoms with van der Waals surface area (Å²) in [4.78, 5) is 4.91. The van der Waals surface area contributed by atoms with E-state index in [0.717, 1.165) is 45.1 Å². The van der Waals surface area contributed by atoms with Crippen molar-refractivity contribution in [3.8, 4) is 5.75 Å². The molecule has 0 bridgehead atoms. The number of benzene rings is 1. The molecule has 2 rings (SSSR count). The van der Waals surface area contributed by atoms with Crippen LogP contribution in [0.15, 0.2) is 24.3 Å². The van der Waals surface area contributed by atoms with Gasteiger partial charge in [0.05, 0.1) is 0 Å². The highest BCUT2D eigenvalue weighted by atomic mass is 16.5. The lowest BCUT2D eigenvalue weighted by Gasteiger charge is -2.37. The van der Waals surface area contributed by atoms with Gasteiger partial charge in [0.15, 0.2) is 0 Å². The minimum absolute atomic E-state index is 0.639. The Kier molecular flexibility index (Phi) is 5.83. The topological polar surface area (TPSA) is 27.7 Å². The number of nitrogens with one attached hydrogen (secondary N) is 1. The van der Waals surface area contributed by atoms with E-state index in [9.17, 15) is 0 Å². The Morgan fingerprint density at radius 1 is 1.30 bits per heavy atom. The number of rotatable bonds is 6. The smallest absolute Gasteiger partial charge is 0.123 e. The Morgan fingerprint density at radius 3 is 2.85 bits per heavy atom. The summed E-state index contributed by atoms with van der Waals surface area (Å²) in [5.74, 6) is 1.00. The zero-order valence-electron chi connectivity index (χ0n) is 12.9. The molecule has 1 aliphatic heterocycles. The third kappa shape index (κ3) is 4.20. The van der Waals surface area contributed by atoms with Crippen LogP contribution in [0.4, 0.5) is 0 Å². The maximum Gasteiger partial charge on any atom is 0.123 e. The van der Waals surface area contributed by atoms with Gasteiger partial charge in [-0.25, -0.2) is 0 Å². The summed E-state index contributed by atoms with van der Waals surface area (Å²) in [5, 5.41) is 3.18. The molecule has 0 spiro atoms. The number of ether oxygens (including phenoxy) is 1. The van der Waals surface area contributed by atoms with Crippen LogP contribution in [0.2, 0.25) is 0 Å². The fourth-order valence-electron chi connectivity index (χ4n) is 2.59. The van der Waals surface area contributed by atoms with E-state index in [1.54, 1.807) is 0 Å². The molecule has 1 N–H and O–H groups in total. The summed E-state index contributed by atoms with van der Waals surface area (Å²) in [7, 11) is 4.16. The molecule has 0 aromatic heterocycles. The van der Waals surface area contributed by atoms with Crippen molar-refractivity contribution in [1.29, 1.82) is 0 Å². The van der Waals surface area contributed by atoms with E-state index < -0.39 is 0 Å². The minimum atomic E-state index is 0.639. The van der Waals surface area contributed by atoms with Crippen LogP contribution < -0.4 is 10.1 Å². The normalized spacial score (nSPS) is 21.1. The lowest BCUT2D eigenvalue weighted by atomic mass is 10.2. The summed E-state index contributed by atoms with van der Waals surface area (Å²) in [5.41, 5.74) is 1.22. The van der Waals surface area contributed by atoms with Crippen molar-refractivity contribution in [1.82, 2.24) is 15.1 Å². The van der Waals surface area contributed by atoms with Gasteiger partial charge in [0.2, 0.25) is 0 Å². The van der Waals surface area contributed by atoms with E-state index in [2.05, 4.69) is 47.3 Å². The molecule has 4 heteroatoms. The van der Waals surface area contributed by atoms with Crippen molar-refractivity contribution in [3.05, 3.63) is 29.8 Å². The number of hydrogen-bond acceptors (Lipinski definition) is 4. The average Bonchev–Trinajstić information content (AvgIpc) is 2.45. The lowest BCUT2D eigenvalue weighted by molar-refractivity contribution is 0.0926. The van der Waals surface area contributed by atoms with Crippen molar-refractivity contribution in [2.24, 2.45) is 0 Å². The number of piperazine rings is 1. The van der Waals surface area contributed by atoms with Gasteiger partial charge >= 0.3 is 0 Å². The molecule has 20 heavy (non-hydrogen) atoms. The van der Waals surface area contributed by atoms with Gasteiger partial charge in [0.25, 0.3) is 0 Å². The van der Waals surface area contributed by atoms with Crippen LogP contribution >= 0.6 is 0 Å². The van der Waals surface area contributed by atoms with Crippen LogP contribution in [0.5, 0.6) is 5.75 Å². The standard InChI is InChI=1S/C16H27N3O/c1-14-13-19(9-8-18(14)3)10-11-20-16-7-5-4-6-15(16)12-17-2/h4-7,14,17H,8-13H2,1-3H3. The molecule has 0 radical (unpaired) electrons. The number of hydrogen-bond donors (Lipinski definition) is 1. The molecule has 1 atom stereocenters. The van der Waals surface area contributed by atoms with E-state index >= 15 is 0 Å². The number of likely N-dealkylation sites (N-methyl/N-ethyl adjacent to an activating group) is 1. The summed E-state index contributed by atoms with van der Waals surface area (Å²) in [6.07, 6.45) is 0. The Bertz CT molecular complexity index is 410. The molecule has 1 unspecified atom stereocenters. The van der Waals surface area contributed by atoms with E-state index in [1.165, 1.54) is 5.56 Å². The summed E-state index contributed by atoms with van der Waals surface area (Å²) in [6, 6.07) is 8.90. The SMILES string of the molecule is CNCc1ccccc1OCCN1CCN(C)C(C)C1. The molecular weight excluding hydrogens is 250 g/mol. The van der Waals surface area contributed by atoms with Gasteiger partial charge < -0.3 is 15.0 Å². The second kappa shape index (κ2) is 7.62. The Balaban J connectivity index is 1.78. The highest BCUT2D eigenvalue weighted by molar-refractivity contribution is 5.33. The Hall–Kier alpha value is -1.10. The van der Waals surface area contributed by atoms with Crippen LogP contribution in [0, 0.1) is 0 Å². The zero-order chi connectivity index (χ0) is 14.4. The van der Waals surface area contributed by atoms with E-state index in [0.29, 0.717) is 6.04 Å². The van der Waals surface area contributed by atoms with Crippen LogP contribution in [0.1, 0.15) is 12.5 Å². The van der Waals surface area contributed by atoms with E-state index in [1.807, 2.05) is 13.1 Å². The molecule has 1 aliphatic rings. The molecule has 1 heterocycles. The van der Waals surface area contributed by atoms with Crippen molar-refractivity contribution in [2.45, 2.75) is 19.5 Å². The van der Waals surface area contributed by atoms with Crippen LogP contribution in [-0.4, -0.2) is 62.7 Å². The first-order valence-corrected chi connectivity index (χ1v) is 7.48. The molecule has 0 amide bonds. The van der Waals surface area contributed by atoms with Gasteiger partial charge in [0, 0.05) is 44.3 Å². The van der Waals surface area contributed by atoms with Gasteiger partial charge in [-0.1, -0.05) is 18.2 Å². The van der Waals surface area contributed by atoms with Crippen LogP contribution in [-0.2, 0) is 6.54 Å². The molecule has 1 fully saturated rings. The van der Waals surface area contributed by atoms with Crippen LogP contribution in [0.25, 0.3) is 0 Å². The van der Waals surface area contributed by atoms with Crippen molar-refractivity contribution < 1.29 is 4.74 Å². The largest absolute Gasteiger partial charge is 0.492 e. The van der Waals surface area contributed by atoms with Gasteiger partial charge in [-0.3, -0.25) is 4.90 Å². The third-order valence-electron chi connectivity index (χ3n) is 4.05. The number of nitrogens with zero attached hydrogens (tertiary/aromatic N) is 2. The molecule has 1 aromatic carbocycles. The first-order chi connectivity index (χ1) is 9.70. The molecule has 1 saturated heterocycles. The average molecular weight is 277 g/mol. The van der Waals surface area contributed by atoms with Gasteiger partial charge in [-0.2, -0.15) is 0 Å². The molecular formula is C16H27N3O. The van der Waals surface area contributed by atoms with Gasteiger partial charge in [0.1, 0.15) is 12.4 Å². The van der Waals surface area contributed by atoms with Crippen molar-refractivity contribution in [3.63, 3.8) is 0 Å². The zero-order valence-corrected chi connectivity index (χ0v) is 12.9. The monoisotopic (exact) mass is 277 g/mol. The lowest BCUT2D eigenvalue weighted by Crippen LogP contribution is -2.50. The fraction of sp³-hybridized carbons (Fsp3) is 0.625. The molecule has 0 aliphatic carbocycles. The van der Waals surface area contributed by atoms with Crippen LogP contribution in [0.3, 0.4) is 0 Å². The fourth-order valence-corrected chi connectivity index (χ4v) is 2.59. The maximum absolute atomic E-state index is 5.96. The quantitative estimate of drug-likeness (QED) is 0.851. The van der Waals surface area contributed by atoms with Gasteiger partial charge in [-0.05, 0) is 27.1 Å². The Morgan fingerprint density at radius 2 is 2.10 bits per heavy atom.